The van der Waals surface area contributed by atoms with Crippen LogP contribution in [0.5, 0.6) is 0 Å². The summed E-state index contributed by atoms with van der Waals surface area (Å²) < 4.78 is 1.71. The molecule has 3 aromatic heterocycles. The summed E-state index contributed by atoms with van der Waals surface area (Å²) in [4.78, 5) is 34.7. The molecule has 0 bridgehead atoms. The quantitative estimate of drug-likeness (QED) is 0.379. The lowest BCUT2D eigenvalue weighted by Crippen LogP contribution is -2.29. The van der Waals surface area contributed by atoms with Gasteiger partial charge in [0.1, 0.15) is 11.3 Å². The number of hydrogen-bond acceptors (Lipinski definition) is 7. The highest BCUT2D eigenvalue weighted by Crippen LogP contribution is 2.28. The van der Waals surface area contributed by atoms with Crippen molar-refractivity contribution in [2.75, 3.05) is 11.1 Å². The van der Waals surface area contributed by atoms with E-state index in [4.69, 9.17) is 10.7 Å². The van der Waals surface area contributed by atoms with Crippen molar-refractivity contribution in [1.29, 1.82) is 0 Å². The highest BCUT2D eigenvalue weighted by molar-refractivity contribution is 5.84. The van der Waals surface area contributed by atoms with Gasteiger partial charge in [0.25, 0.3) is 5.56 Å². The minimum absolute atomic E-state index is 0.102. The number of hydrogen-bond donors (Lipinski definition) is 3. The molecule has 9 nitrogen and oxygen atoms in total. The zero-order valence-corrected chi connectivity index (χ0v) is 18.6. The second kappa shape index (κ2) is 8.01. The summed E-state index contributed by atoms with van der Waals surface area (Å²) in [6, 6.07) is 13.2. The molecule has 0 aliphatic rings. The molecule has 33 heavy (non-hydrogen) atoms. The molecule has 2 aromatic carbocycles. The van der Waals surface area contributed by atoms with Crippen molar-refractivity contribution >= 4 is 33.8 Å². The number of nitrogens with two attached hydrogens (primary N) is 1. The molecular weight excluding hydrogens is 416 g/mol. The van der Waals surface area contributed by atoms with Crippen LogP contribution >= 0.6 is 0 Å². The third kappa shape index (κ3) is 3.47. The fourth-order valence-corrected chi connectivity index (χ4v) is 4.16. The zero-order valence-electron chi connectivity index (χ0n) is 18.6. The van der Waals surface area contributed by atoms with Crippen molar-refractivity contribution in [2.45, 2.75) is 33.2 Å². The zero-order chi connectivity index (χ0) is 23.1. The first-order chi connectivity index (χ1) is 16.0. The van der Waals surface area contributed by atoms with E-state index in [2.05, 4.69) is 25.3 Å². The molecule has 0 aliphatic carbocycles. The number of fused-ring (bicyclic) bond motifs is 2. The van der Waals surface area contributed by atoms with Crippen LogP contribution in [-0.4, -0.2) is 29.5 Å². The Morgan fingerprint density at radius 3 is 2.64 bits per heavy atom. The smallest absolute Gasteiger partial charge is 0.266 e. The normalized spacial score (nSPS) is 12.3. The van der Waals surface area contributed by atoms with Crippen LogP contribution in [0.15, 0.2) is 53.6 Å². The summed E-state index contributed by atoms with van der Waals surface area (Å²) in [6.45, 7) is 5.94. The van der Waals surface area contributed by atoms with E-state index in [-0.39, 0.29) is 17.5 Å². The number of para-hydroxylation sites is 1. The number of H-pyrrole nitrogens is 1. The fraction of sp³-hybridized carbons (Fsp3) is 0.208. The van der Waals surface area contributed by atoms with E-state index in [1.165, 1.54) is 0 Å². The van der Waals surface area contributed by atoms with Crippen LogP contribution < -0.4 is 16.6 Å². The van der Waals surface area contributed by atoms with E-state index in [9.17, 15) is 4.79 Å². The van der Waals surface area contributed by atoms with E-state index in [0.29, 0.717) is 40.1 Å². The monoisotopic (exact) mass is 440 g/mol. The molecule has 5 rings (SSSR count). The lowest BCUT2D eigenvalue weighted by atomic mass is 10.1. The van der Waals surface area contributed by atoms with Crippen LogP contribution in [0.3, 0.4) is 0 Å². The molecule has 5 aromatic rings. The maximum Gasteiger partial charge on any atom is 0.266 e. The number of nitrogens with one attached hydrogen (secondary N) is 2. The van der Waals surface area contributed by atoms with E-state index in [0.717, 1.165) is 16.8 Å². The van der Waals surface area contributed by atoms with Crippen molar-refractivity contribution in [1.82, 2.24) is 29.5 Å². The molecule has 0 aliphatic heterocycles. The van der Waals surface area contributed by atoms with Crippen LogP contribution in [-0.2, 0) is 0 Å². The second-order valence-corrected chi connectivity index (χ2v) is 8.00. The maximum absolute atomic E-state index is 13.9. The largest absolute Gasteiger partial charge is 0.368 e. The van der Waals surface area contributed by atoms with Gasteiger partial charge in [0.15, 0.2) is 11.5 Å². The van der Waals surface area contributed by atoms with E-state index < -0.39 is 0 Å². The fourth-order valence-electron chi connectivity index (χ4n) is 4.16. The number of nitrogens with zero attached hydrogens (tertiary/aromatic N) is 5. The number of aromatic amines is 1. The third-order valence-corrected chi connectivity index (χ3v) is 5.82. The van der Waals surface area contributed by atoms with Crippen LogP contribution in [0.4, 0.5) is 11.8 Å². The van der Waals surface area contributed by atoms with Crippen molar-refractivity contribution < 1.29 is 0 Å². The first kappa shape index (κ1) is 20.6. The van der Waals surface area contributed by atoms with Crippen LogP contribution in [0.25, 0.3) is 27.8 Å². The predicted molar refractivity (Wildman–Crippen MR) is 130 cm³/mol. The van der Waals surface area contributed by atoms with E-state index in [1.807, 2.05) is 63.2 Å². The standard InChI is InChI=1S/C24H24N8O/c1-4-15(28-21-19-20(27-12-26-19)30-24(25)31-21)22-29-16-10-7-9-14(3)18(16)23(33)32(22)17-11-6-5-8-13(17)2/h5-12,15H,4H2,1-3H3,(H4,25,26,27,28,30,31)/t15-/m0/s1. The Kier molecular flexibility index (Phi) is 5.01. The summed E-state index contributed by atoms with van der Waals surface area (Å²) >= 11 is 0. The Morgan fingerprint density at radius 1 is 1.06 bits per heavy atom. The maximum atomic E-state index is 13.9. The molecule has 0 radical (unpaired) electrons. The summed E-state index contributed by atoms with van der Waals surface area (Å²) in [7, 11) is 0. The van der Waals surface area contributed by atoms with Crippen molar-refractivity contribution in [2.24, 2.45) is 0 Å². The first-order valence-electron chi connectivity index (χ1n) is 10.8. The Morgan fingerprint density at radius 2 is 1.85 bits per heavy atom. The van der Waals surface area contributed by atoms with Crippen molar-refractivity contribution in [3.8, 4) is 5.69 Å². The Bertz CT molecular complexity index is 1550. The molecule has 1 atom stereocenters. The SMILES string of the molecule is CC[C@H](Nc1nc(N)nc2[nH]cnc12)c1nc2cccc(C)c2c(=O)n1-c1ccccc1C. The van der Waals surface area contributed by atoms with Crippen molar-refractivity contribution in [3.63, 3.8) is 0 Å². The molecule has 0 saturated carbocycles. The van der Waals surface area contributed by atoms with Gasteiger partial charge in [0, 0.05) is 0 Å². The lowest BCUT2D eigenvalue weighted by Gasteiger charge is -2.23. The Balaban J connectivity index is 1.77. The average Bonchev–Trinajstić information content (AvgIpc) is 3.26. The molecule has 3 heterocycles. The molecule has 0 spiro atoms. The number of imidazole rings is 1. The molecule has 0 unspecified atom stereocenters. The molecule has 4 N–H and O–H groups in total. The number of benzene rings is 2. The highest BCUT2D eigenvalue weighted by Gasteiger charge is 2.23. The van der Waals surface area contributed by atoms with Gasteiger partial charge in [0.2, 0.25) is 5.95 Å². The average molecular weight is 441 g/mol. The summed E-state index contributed by atoms with van der Waals surface area (Å²) in [5, 5.41) is 4.03. The van der Waals surface area contributed by atoms with Gasteiger partial charge in [-0.25, -0.2) is 9.97 Å². The lowest BCUT2D eigenvalue weighted by molar-refractivity contribution is 0.658. The minimum Gasteiger partial charge on any atom is -0.368 e. The van der Waals surface area contributed by atoms with Gasteiger partial charge in [-0.05, 0) is 43.5 Å². The number of aromatic nitrogens is 6. The summed E-state index contributed by atoms with van der Waals surface area (Å²) in [5.74, 6) is 1.21. The van der Waals surface area contributed by atoms with Gasteiger partial charge in [-0.3, -0.25) is 9.36 Å². The topological polar surface area (TPSA) is 127 Å². The second-order valence-electron chi connectivity index (χ2n) is 8.00. The van der Waals surface area contributed by atoms with Crippen LogP contribution in [0.2, 0.25) is 0 Å². The van der Waals surface area contributed by atoms with Crippen molar-refractivity contribution in [3.05, 3.63) is 76.1 Å². The predicted octanol–water partition coefficient (Wildman–Crippen LogP) is 3.81. The molecule has 9 heteroatoms. The molecule has 166 valence electrons. The van der Waals surface area contributed by atoms with E-state index in [1.54, 1.807) is 10.9 Å². The first-order valence-corrected chi connectivity index (χ1v) is 10.8. The van der Waals surface area contributed by atoms with Gasteiger partial charge in [-0.1, -0.05) is 37.3 Å². The number of rotatable bonds is 5. The number of nitrogen functional groups attached to an aromatic ring is 1. The summed E-state index contributed by atoms with van der Waals surface area (Å²) in [6.07, 6.45) is 2.19. The summed E-state index contributed by atoms with van der Waals surface area (Å²) in [5.41, 5.74) is 10.2. The van der Waals surface area contributed by atoms with Gasteiger partial charge in [-0.15, -0.1) is 0 Å². The minimum atomic E-state index is -0.337. The van der Waals surface area contributed by atoms with E-state index >= 15 is 0 Å². The van der Waals surface area contributed by atoms with Gasteiger partial charge in [-0.2, -0.15) is 9.97 Å². The van der Waals surface area contributed by atoms with Gasteiger partial charge < -0.3 is 16.0 Å². The van der Waals surface area contributed by atoms with Crippen LogP contribution in [0.1, 0.15) is 36.3 Å². The number of aryl methyl sites for hydroxylation is 2. The molecule has 0 fully saturated rings. The molecule has 0 amide bonds. The third-order valence-electron chi connectivity index (χ3n) is 5.82. The van der Waals surface area contributed by atoms with Gasteiger partial charge in [0.05, 0.1) is 29.0 Å². The van der Waals surface area contributed by atoms with Crippen LogP contribution in [0, 0.1) is 13.8 Å². The Labute approximate surface area is 189 Å². The molecular formula is C24H24N8O. The number of anilines is 2. The molecule has 0 saturated heterocycles. The Hall–Kier alpha value is -4.27. The highest BCUT2D eigenvalue weighted by atomic mass is 16.1. The van der Waals surface area contributed by atoms with Gasteiger partial charge >= 0.3 is 0 Å².